The third-order valence-electron chi connectivity index (χ3n) is 9.26. The first-order chi connectivity index (χ1) is 24.7. The number of likely N-dealkylation sites (tertiary alicyclic amines) is 1. The molecule has 6 heterocycles. The molecule has 3 aliphatic rings. The monoisotopic (exact) mass is 700 g/mol. The van der Waals surface area contributed by atoms with Gasteiger partial charge in [0.25, 0.3) is 0 Å². The van der Waals surface area contributed by atoms with Crippen LogP contribution >= 0.6 is 11.6 Å². The van der Waals surface area contributed by atoms with Crippen molar-refractivity contribution in [1.29, 1.82) is 5.26 Å². The number of aromatic nitrogens is 3. The quantitative estimate of drug-likeness (QED) is 0.174. The molecule has 3 aromatic heterocycles. The summed E-state index contributed by atoms with van der Waals surface area (Å²) in [7, 11) is 1.84. The summed E-state index contributed by atoms with van der Waals surface area (Å²) in [6.07, 6.45) is 8.48. The summed E-state index contributed by atoms with van der Waals surface area (Å²) in [5.41, 5.74) is 18.9. The summed E-state index contributed by atoms with van der Waals surface area (Å²) in [5.74, 6) is 1.95. The highest BCUT2D eigenvalue weighted by Gasteiger charge is 2.28. The standard InChI is InChI=1S/C21H23N5O.C13H13N3.C5H5ClN2/c1-24(19-7-9-25(14-19)15-22)21(27)11-16-6-8-23-20(10-16)26-12-17-4-2-3-5-18(17)13-26;14-12-5-6-15-13(7-12)16-8-10-3-1-2-4-11(10)9-16;6-5-3-4(7)1-2-8-5/h2-6,8,10,19H,7,9,11-14H2,1H3;1-7H,8-9H2,(H2,14,15);1-3H,(H2,7,8)/t19-;;/m1../s1. The maximum absolute atomic E-state index is 12.7. The number of anilines is 4. The average Bonchev–Trinajstić information content (AvgIpc) is 3.90. The molecule has 0 spiro atoms. The summed E-state index contributed by atoms with van der Waals surface area (Å²) in [6, 6.07) is 28.0. The van der Waals surface area contributed by atoms with Crippen LogP contribution in [-0.2, 0) is 37.4 Å². The molecule has 1 saturated heterocycles. The molecule has 3 aliphatic heterocycles. The number of halogens is 1. The second kappa shape index (κ2) is 16.2. The van der Waals surface area contributed by atoms with E-state index in [-0.39, 0.29) is 11.9 Å². The molecule has 4 N–H and O–H groups in total. The average molecular weight is 701 g/mol. The molecule has 0 unspecified atom stereocenters. The van der Waals surface area contributed by atoms with Gasteiger partial charge in [-0.3, -0.25) is 4.79 Å². The Morgan fingerprint density at radius 3 is 1.78 bits per heavy atom. The summed E-state index contributed by atoms with van der Waals surface area (Å²) in [6.45, 7) is 4.92. The van der Waals surface area contributed by atoms with Crippen LogP contribution in [0.3, 0.4) is 0 Å². The van der Waals surface area contributed by atoms with Crippen LogP contribution in [0.15, 0.2) is 104 Å². The highest BCUT2D eigenvalue weighted by Crippen LogP contribution is 2.28. The number of nitrogen functional groups attached to an aromatic ring is 2. The first-order valence-corrected chi connectivity index (χ1v) is 17.2. The van der Waals surface area contributed by atoms with Gasteiger partial charge in [0.1, 0.15) is 16.8 Å². The Balaban J connectivity index is 0.000000156. The van der Waals surface area contributed by atoms with Crippen molar-refractivity contribution in [2.75, 3.05) is 41.4 Å². The molecule has 260 valence electrons. The molecule has 5 aromatic rings. The number of hydrogen-bond acceptors (Lipinski definition) is 10. The zero-order chi connectivity index (χ0) is 35.7. The van der Waals surface area contributed by atoms with Gasteiger partial charge < -0.3 is 31.1 Å². The lowest BCUT2D eigenvalue weighted by atomic mass is 10.1. The van der Waals surface area contributed by atoms with Crippen molar-refractivity contribution in [3.05, 3.63) is 136 Å². The Hall–Kier alpha value is -5.86. The van der Waals surface area contributed by atoms with E-state index in [4.69, 9.17) is 28.3 Å². The van der Waals surface area contributed by atoms with E-state index in [1.165, 1.54) is 22.3 Å². The molecule has 1 amide bonds. The Bertz CT molecular complexity index is 1950. The smallest absolute Gasteiger partial charge is 0.227 e. The maximum Gasteiger partial charge on any atom is 0.227 e. The number of nitrogens with zero attached hydrogens (tertiary/aromatic N) is 8. The van der Waals surface area contributed by atoms with Crippen molar-refractivity contribution in [1.82, 2.24) is 24.8 Å². The van der Waals surface area contributed by atoms with Gasteiger partial charge in [-0.15, -0.1) is 0 Å². The second-order valence-corrected chi connectivity index (χ2v) is 13.2. The Morgan fingerprint density at radius 2 is 1.31 bits per heavy atom. The van der Waals surface area contributed by atoms with E-state index < -0.39 is 0 Å². The van der Waals surface area contributed by atoms with E-state index >= 15 is 0 Å². The topological polar surface area (TPSA) is 145 Å². The Morgan fingerprint density at radius 1 is 0.804 bits per heavy atom. The number of carbonyl (C=O) groups excluding carboxylic acids is 1. The van der Waals surface area contributed by atoms with Crippen molar-refractivity contribution in [2.45, 2.75) is 45.1 Å². The molecular weight excluding hydrogens is 660 g/mol. The largest absolute Gasteiger partial charge is 0.399 e. The fourth-order valence-corrected chi connectivity index (χ4v) is 6.59. The van der Waals surface area contributed by atoms with Crippen molar-refractivity contribution < 1.29 is 4.79 Å². The third-order valence-corrected chi connectivity index (χ3v) is 9.47. The van der Waals surface area contributed by atoms with Gasteiger partial charge in [-0.1, -0.05) is 60.1 Å². The van der Waals surface area contributed by atoms with Crippen LogP contribution in [0.4, 0.5) is 23.0 Å². The van der Waals surface area contributed by atoms with Crippen LogP contribution in [0.5, 0.6) is 0 Å². The van der Waals surface area contributed by atoms with E-state index in [1.54, 1.807) is 40.5 Å². The summed E-state index contributed by atoms with van der Waals surface area (Å²) < 4.78 is 0. The minimum Gasteiger partial charge on any atom is -0.399 e. The normalized spacial score (nSPS) is 15.5. The predicted molar refractivity (Wildman–Crippen MR) is 201 cm³/mol. The molecule has 0 aliphatic carbocycles. The second-order valence-electron chi connectivity index (χ2n) is 12.8. The van der Waals surface area contributed by atoms with E-state index in [1.807, 2.05) is 31.3 Å². The lowest BCUT2D eigenvalue weighted by molar-refractivity contribution is -0.131. The van der Waals surface area contributed by atoms with Crippen molar-refractivity contribution >= 4 is 40.5 Å². The first-order valence-electron chi connectivity index (χ1n) is 16.8. The van der Waals surface area contributed by atoms with Crippen LogP contribution in [0.1, 0.15) is 34.2 Å². The number of likely N-dealkylation sites (N-methyl/N-ethyl adjacent to an activating group) is 1. The van der Waals surface area contributed by atoms with Crippen LogP contribution in [0.25, 0.3) is 0 Å². The molecule has 1 atom stereocenters. The van der Waals surface area contributed by atoms with Gasteiger partial charge in [0, 0.05) is 82.3 Å². The van der Waals surface area contributed by atoms with Crippen molar-refractivity contribution in [3.8, 4) is 6.19 Å². The number of carbonyl (C=O) groups is 1. The molecule has 0 saturated carbocycles. The summed E-state index contributed by atoms with van der Waals surface area (Å²) in [5, 5.41) is 9.43. The van der Waals surface area contributed by atoms with Crippen LogP contribution in [0, 0.1) is 11.5 Å². The lowest BCUT2D eigenvalue weighted by Gasteiger charge is -2.24. The molecule has 0 bridgehead atoms. The lowest BCUT2D eigenvalue weighted by Crippen LogP contribution is -2.39. The third kappa shape index (κ3) is 9.04. The number of rotatable bonds is 5. The Labute approximate surface area is 303 Å². The van der Waals surface area contributed by atoms with Crippen LogP contribution in [0.2, 0.25) is 5.15 Å². The summed E-state index contributed by atoms with van der Waals surface area (Å²) >= 11 is 5.45. The van der Waals surface area contributed by atoms with Crippen LogP contribution in [-0.4, -0.2) is 56.8 Å². The number of hydrogen-bond donors (Lipinski definition) is 2. The molecule has 11 nitrogen and oxygen atoms in total. The summed E-state index contributed by atoms with van der Waals surface area (Å²) in [4.78, 5) is 33.3. The Kier molecular flexibility index (Phi) is 11.1. The van der Waals surface area contributed by atoms with Crippen LogP contribution < -0.4 is 21.3 Å². The van der Waals surface area contributed by atoms with Gasteiger partial charge in [0.15, 0.2) is 6.19 Å². The van der Waals surface area contributed by atoms with Gasteiger partial charge >= 0.3 is 0 Å². The van der Waals surface area contributed by atoms with E-state index in [9.17, 15) is 4.79 Å². The molecular formula is C39H41ClN10O. The van der Waals surface area contributed by atoms with Crippen molar-refractivity contribution in [2.24, 2.45) is 0 Å². The molecule has 8 rings (SSSR count). The van der Waals surface area contributed by atoms with Gasteiger partial charge in [0.2, 0.25) is 5.91 Å². The first kappa shape index (κ1) is 35.0. The zero-order valence-electron chi connectivity index (χ0n) is 28.6. The van der Waals surface area contributed by atoms with Gasteiger partial charge in [0.05, 0.1) is 12.5 Å². The number of amides is 1. The fourth-order valence-electron chi connectivity index (χ4n) is 6.41. The van der Waals surface area contributed by atoms with E-state index in [2.05, 4.69) is 79.5 Å². The number of nitriles is 1. The molecule has 1 fully saturated rings. The fraction of sp³-hybridized carbons (Fsp3) is 0.256. The number of nitrogens with two attached hydrogens (primary N) is 2. The molecule has 0 radical (unpaired) electrons. The zero-order valence-corrected chi connectivity index (χ0v) is 29.3. The van der Waals surface area contributed by atoms with Gasteiger partial charge in [-0.2, -0.15) is 5.26 Å². The molecule has 12 heteroatoms. The minimum atomic E-state index is 0.0849. The minimum absolute atomic E-state index is 0.0849. The number of fused-ring (bicyclic) bond motifs is 2. The predicted octanol–water partition coefficient (Wildman–Crippen LogP) is 5.66. The van der Waals surface area contributed by atoms with Crippen molar-refractivity contribution in [3.63, 3.8) is 0 Å². The number of benzene rings is 2. The van der Waals surface area contributed by atoms with E-state index in [0.717, 1.165) is 62.0 Å². The maximum atomic E-state index is 12.7. The van der Waals surface area contributed by atoms with Gasteiger partial charge in [-0.05, 0) is 64.6 Å². The molecule has 2 aromatic carbocycles. The molecule has 51 heavy (non-hydrogen) atoms. The highest BCUT2D eigenvalue weighted by atomic mass is 35.5. The number of pyridine rings is 3. The SMILES string of the molecule is CN(C(=O)Cc1ccnc(N2Cc3ccccc3C2)c1)[C@@H]1CCN(C#N)C1.Nc1ccnc(Cl)c1.Nc1ccnc(N2Cc3ccccc3C2)c1. The van der Waals surface area contributed by atoms with E-state index in [0.29, 0.717) is 23.8 Å². The van der Waals surface area contributed by atoms with Gasteiger partial charge in [-0.25, -0.2) is 15.0 Å². The highest BCUT2D eigenvalue weighted by molar-refractivity contribution is 6.29.